The molecule has 1 saturated carbocycles. The van der Waals surface area contributed by atoms with Crippen LogP contribution in [-0.4, -0.2) is 30.0 Å². The first-order chi connectivity index (χ1) is 7.27. The molecule has 1 rings (SSSR count). The van der Waals surface area contributed by atoms with E-state index in [4.69, 9.17) is 4.74 Å². The molecule has 1 aliphatic carbocycles. The molecule has 0 heterocycles. The number of aliphatic hydroxyl groups excluding tert-OH is 1. The molecule has 0 saturated heterocycles. The van der Waals surface area contributed by atoms with Crippen molar-refractivity contribution >= 4 is 6.09 Å². The van der Waals surface area contributed by atoms with Crippen molar-refractivity contribution in [2.24, 2.45) is 11.3 Å². The maximum absolute atomic E-state index is 11.4. The molecule has 94 valence electrons. The molecule has 0 aromatic rings. The number of aliphatic hydroxyl groups is 1. The highest BCUT2D eigenvalue weighted by Crippen LogP contribution is 2.44. The Hall–Kier alpha value is -0.770. The number of ether oxygens (including phenoxy) is 1. The second kappa shape index (κ2) is 4.62. The summed E-state index contributed by atoms with van der Waals surface area (Å²) in [7, 11) is 0. The standard InChI is InChI=1S/C12H23NO3/c1-11(2,3)16-10(15)13-7-12(4,8-14)9-5-6-9/h9,14H,5-8H2,1-4H3,(H,13,15). The molecular weight excluding hydrogens is 206 g/mol. The monoisotopic (exact) mass is 229 g/mol. The summed E-state index contributed by atoms with van der Waals surface area (Å²) in [6.45, 7) is 8.08. The maximum Gasteiger partial charge on any atom is 0.407 e. The fourth-order valence-corrected chi connectivity index (χ4v) is 1.70. The Morgan fingerprint density at radius 1 is 1.38 bits per heavy atom. The van der Waals surface area contributed by atoms with E-state index in [0.717, 1.165) is 12.8 Å². The van der Waals surface area contributed by atoms with Gasteiger partial charge in [0.1, 0.15) is 5.60 Å². The predicted octanol–water partition coefficient (Wildman–Crippen LogP) is 1.92. The lowest BCUT2D eigenvalue weighted by atomic mass is 9.86. The van der Waals surface area contributed by atoms with Crippen molar-refractivity contribution in [1.82, 2.24) is 5.32 Å². The number of hydrogen-bond acceptors (Lipinski definition) is 3. The molecule has 16 heavy (non-hydrogen) atoms. The van der Waals surface area contributed by atoms with E-state index in [9.17, 15) is 9.90 Å². The summed E-state index contributed by atoms with van der Waals surface area (Å²) in [6, 6.07) is 0. The van der Waals surface area contributed by atoms with E-state index < -0.39 is 11.7 Å². The van der Waals surface area contributed by atoms with Gasteiger partial charge in [0.2, 0.25) is 0 Å². The van der Waals surface area contributed by atoms with Crippen molar-refractivity contribution < 1.29 is 14.6 Å². The van der Waals surface area contributed by atoms with Crippen molar-refractivity contribution in [3.05, 3.63) is 0 Å². The second-order valence-electron chi connectivity index (χ2n) is 5.94. The van der Waals surface area contributed by atoms with Gasteiger partial charge in [-0.25, -0.2) is 4.79 Å². The molecule has 0 aromatic carbocycles. The van der Waals surface area contributed by atoms with Gasteiger partial charge in [-0.05, 0) is 39.5 Å². The van der Waals surface area contributed by atoms with Crippen molar-refractivity contribution in [1.29, 1.82) is 0 Å². The molecule has 2 N–H and O–H groups in total. The van der Waals surface area contributed by atoms with E-state index in [2.05, 4.69) is 5.32 Å². The molecule has 1 atom stereocenters. The Kier molecular flexibility index (Phi) is 3.84. The minimum Gasteiger partial charge on any atom is -0.444 e. The summed E-state index contributed by atoms with van der Waals surface area (Å²) in [4.78, 5) is 11.4. The van der Waals surface area contributed by atoms with Gasteiger partial charge in [0.25, 0.3) is 0 Å². The lowest BCUT2D eigenvalue weighted by Gasteiger charge is -2.28. The fourth-order valence-electron chi connectivity index (χ4n) is 1.70. The molecule has 0 spiro atoms. The summed E-state index contributed by atoms with van der Waals surface area (Å²) in [5.74, 6) is 0.535. The minimum absolute atomic E-state index is 0.105. The van der Waals surface area contributed by atoms with Crippen LogP contribution in [0.3, 0.4) is 0 Å². The predicted molar refractivity (Wildman–Crippen MR) is 62.2 cm³/mol. The summed E-state index contributed by atoms with van der Waals surface area (Å²) < 4.78 is 5.15. The molecule has 1 unspecified atom stereocenters. The molecular formula is C12H23NO3. The van der Waals surface area contributed by atoms with Crippen LogP contribution in [0.15, 0.2) is 0 Å². The van der Waals surface area contributed by atoms with Gasteiger partial charge in [-0.1, -0.05) is 6.92 Å². The number of carbonyl (C=O) groups is 1. The molecule has 0 aromatic heterocycles. The lowest BCUT2D eigenvalue weighted by Crippen LogP contribution is -2.41. The summed E-state index contributed by atoms with van der Waals surface area (Å²) in [6.07, 6.45) is 1.88. The van der Waals surface area contributed by atoms with Crippen LogP contribution in [0.4, 0.5) is 4.79 Å². The van der Waals surface area contributed by atoms with Crippen LogP contribution in [0, 0.1) is 11.3 Å². The number of nitrogens with one attached hydrogen (secondary N) is 1. The Balaban J connectivity index is 2.35. The number of alkyl carbamates (subject to hydrolysis) is 1. The Morgan fingerprint density at radius 3 is 2.31 bits per heavy atom. The van der Waals surface area contributed by atoms with Gasteiger partial charge in [-0.3, -0.25) is 0 Å². The van der Waals surface area contributed by atoms with Crippen LogP contribution >= 0.6 is 0 Å². The largest absolute Gasteiger partial charge is 0.444 e. The van der Waals surface area contributed by atoms with Gasteiger partial charge in [0.05, 0.1) is 6.61 Å². The highest BCUT2D eigenvalue weighted by molar-refractivity contribution is 5.67. The maximum atomic E-state index is 11.4. The van der Waals surface area contributed by atoms with Crippen LogP contribution in [0.25, 0.3) is 0 Å². The zero-order valence-corrected chi connectivity index (χ0v) is 10.7. The number of rotatable bonds is 4. The average molecular weight is 229 g/mol. The van der Waals surface area contributed by atoms with Gasteiger partial charge < -0.3 is 15.2 Å². The van der Waals surface area contributed by atoms with E-state index >= 15 is 0 Å². The first-order valence-electron chi connectivity index (χ1n) is 5.84. The van der Waals surface area contributed by atoms with Crippen LogP contribution in [0.1, 0.15) is 40.5 Å². The zero-order chi connectivity index (χ0) is 12.4. The molecule has 1 fully saturated rings. The zero-order valence-electron chi connectivity index (χ0n) is 10.7. The van der Waals surface area contributed by atoms with Gasteiger partial charge in [-0.2, -0.15) is 0 Å². The van der Waals surface area contributed by atoms with Crippen molar-refractivity contribution in [3.8, 4) is 0 Å². The molecule has 0 aliphatic heterocycles. The molecule has 1 amide bonds. The van der Waals surface area contributed by atoms with Crippen molar-refractivity contribution in [2.45, 2.75) is 46.1 Å². The van der Waals surface area contributed by atoms with Gasteiger partial charge >= 0.3 is 6.09 Å². The fraction of sp³-hybridized carbons (Fsp3) is 0.917. The topological polar surface area (TPSA) is 58.6 Å². The Morgan fingerprint density at radius 2 is 1.94 bits per heavy atom. The Labute approximate surface area is 97.4 Å². The first kappa shape index (κ1) is 13.3. The van der Waals surface area contributed by atoms with E-state index in [1.54, 1.807) is 0 Å². The SMILES string of the molecule is CC(C)(C)OC(=O)NCC(C)(CO)C1CC1. The molecule has 0 bridgehead atoms. The molecule has 4 nitrogen and oxygen atoms in total. The van der Waals surface area contributed by atoms with E-state index in [-0.39, 0.29) is 12.0 Å². The van der Waals surface area contributed by atoms with Gasteiger partial charge in [-0.15, -0.1) is 0 Å². The Bertz CT molecular complexity index is 255. The van der Waals surface area contributed by atoms with E-state index in [0.29, 0.717) is 12.5 Å². The third kappa shape index (κ3) is 4.00. The van der Waals surface area contributed by atoms with Crippen LogP contribution < -0.4 is 5.32 Å². The lowest BCUT2D eigenvalue weighted by molar-refractivity contribution is 0.0461. The van der Waals surface area contributed by atoms with Crippen LogP contribution in [0.5, 0.6) is 0 Å². The van der Waals surface area contributed by atoms with Crippen LogP contribution in [-0.2, 0) is 4.74 Å². The number of carbonyl (C=O) groups excluding carboxylic acids is 1. The minimum atomic E-state index is -0.473. The van der Waals surface area contributed by atoms with E-state index in [1.807, 2.05) is 27.7 Å². The first-order valence-corrected chi connectivity index (χ1v) is 5.84. The van der Waals surface area contributed by atoms with Crippen LogP contribution in [0.2, 0.25) is 0 Å². The quantitative estimate of drug-likeness (QED) is 0.774. The highest BCUT2D eigenvalue weighted by atomic mass is 16.6. The van der Waals surface area contributed by atoms with Gasteiger partial charge in [0.15, 0.2) is 0 Å². The van der Waals surface area contributed by atoms with E-state index in [1.165, 1.54) is 0 Å². The summed E-state index contributed by atoms with van der Waals surface area (Å²) >= 11 is 0. The molecule has 4 heteroatoms. The summed E-state index contributed by atoms with van der Waals surface area (Å²) in [5.41, 5.74) is -0.670. The molecule has 0 radical (unpaired) electrons. The average Bonchev–Trinajstić information content (AvgIpc) is 2.94. The van der Waals surface area contributed by atoms with Crippen molar-refractivity contribution in [2.75, 3.05) is 13.2 Å². The van der Waals surface area contributed by atoms with Gasteiger partial charge in [0, 0.05) is 12.0 Å². The number of amides is 1. The van der Waals surface area contributed by atoms with Crippen molar-refractivity contribution in [3.63, 3.8) is 0 Å². The molecule has 1 aliphatic rings. The normalized spacial score (nSPS) is 20.1. The summed E-state index contributed by atoms with van der Waals surface area (Å²) in [5, 5.41) is 12.1. The third-order valence-corrected chi connectivity index (χ3v) is 2.96. The number of hydrogen-bond donors (Lipinski definition) is 2. The second-order valence-corrected chi connectivity index (χ2v) is 5.94. The smallest absolute Gasteiger partial charge is 0.407 e. The highest BCUT2D eigenvalue weighted by Gasteiger charge is 2.41. The third-order valence-electron chi connectivity index (χ3n) is 2.96.